The molecule has 2 aromatic carbocycles. The number of halogens is 1. The van der Waals surface area contributed by atoms with Gasteiger partial charge in [-0.2, -0.15) is 0 Å². The normalized spacial score (nSPS) is 12.0. The zero-order valence-electron chi connectivity index (χ0n) is 12.3. The molecule has 1 amide bonds. The highest BCUT2D eigenvalue weighted by atomic mass is 35.5. The molecule has 2 aromatic rings. The highest BCUT2D eigenvalue weighted by Crippen LogP contribution is 2.26. The molecule has 1 N–H and O–H groups in total. The minimum atomic E-state index is -0.176. The summed E-state index contributed by atoms with van der Waals surface area (Å²) in [6, 6.07) is 13.5. The monoisotopic (exact) mass is 319 g/mol. The van der Waals surface area contributed by atoms with Crippen LogP contribution in [0.5, 0.6) is 0 Å². The molecule has 0 heterocycles. The van der Waals surface area contributed by atoms with E-state index in [4.69, 9.17) is 11.6 Å². The van der Waals surface area contributed by atoms with Crippen molar-refractivity contribution in [1.82, 2.24) is 0 Å². The lowest BCUT2D eigenvalue weighted by atomic mass is 10.1. The third kappa shape index (κ3) is 4.26. The lowest BCUT2D eigenvalue weighted by Crippen LogP contribution is -2.23. The third-order valence-corrected chi connectivity index (χ3v) is 4.59. The number of hydrogen-bond acceptors (Lipinski definition) is 2. The molecular weight excluding hydrogens is 302 g/mol. The van der Waals surface area contributed by atoms with E-state index in [1.165, 1.54) is 11.8 Å². The van der Waals surface area contributed by atoms with Gasteiger partial charge in [0.1, 0.15) is 0 Å². The molecule has 21 heavy (non-hydrogen) atoms. The molecule has 4 heteroatoms. The van der Waals surface area contributed by atoms with Gasteiger partial charge in [0.05, 0.1) is 5.25 Å². The maximum atomic E-state index is 12.3. The zero-order chi connectivity index (χ0) is 15.4. The molecule has 2 nitrogen and oxygen atoms in total. The summed E-state index contributed by atoms with van der Waals surface area (Å²) in [5, 5.41) is 3.55. The van der Waals surface area contributed by atoms with Crippen LogP contribution < -0.4 is 5.32 Å². The van der Waals surface area contributed by atoms with Crippen LogP contribution in [-0.4, -0.2) is 11.2 Å². The number of rotatable bonds is 4. The van der Waals surface area contributed by atoms with Crippen LogP contribution in [0, 0.1) is 13.8 Å². The average Bonchev–Trinajstić information content (AvgIpc) is 2.45. The van der Waals surface area contributed by atoms with Crippen LogP contribution in [0.3, 0.4) is 0 Å². The van der Waals surface area contributed by atoms with Crippen LogP contribution in [0.25, 0.3) is 0 Å². The number of para-hydroxylation sites is 1. The Kier molecular flexibility index (Phi) is 5.32. The summed E-state index contributed by atoms with van der Waals surface area (Å²) in [6.45, 7) is 5.90. The van der Waals surface area contributed by atoms with E-state index in [0.29, 0.717) is 5.02 Å². The van der Waals surface area contributed by atoms with Crippen molar-refractivity contribution in [3.8, 4) is 0 Å². The molecule has 110 valence electrons. The predicted molar refractivity (Wildman–Crippen MR) is 91.3 cm³/mol. The summed E-state index contributed by atoms with van der Waals surface area (Å²) in [4.78, 5) is 13.4. The Morgan fingerprint density at radius 1 is 1.10 bits per heavy atom. The van der Waals surface area contributed by atoms with E-state index >= 15 is 0 Å². The second-order valence-corrected chi connectivity index (χ2v) is 6.82. The molecule has 0 spiro atoms. The van der Waals surface area contributed by atoms with E-state index in [1.807, 2.05) is 63.2 Å². The van der Waals surface area contributed by atoms with Crippen molar-refractivity contribution >= 4 is 35.0 Å². The van der Waals surface area contributed by atoms with Crippen LogP contribution in [0.1, 0.15) is 18.1 Å². The molecule has 0 fully saturated rings. The van der Waals surface area contributed by atoms with E-state index in [2.05, 4.69) is 5.32 Å². The van der Waals surface area contributed by atoms with E-state index < -0.39 is 0 Å². The fourth-order valence-electron chi connectivity index (χ4n) is 2.01. The average molecular weight is 320 g/mol. The van der Waals surface area contributed by atoms with Gasteiger partial charge in [0.2, 0.25) is 5.91 Å². The van der Waals surface area contributed by atoms with Crippen LogP contribution in [0.2, 0.25) is 5.02 Å². The summed E-state index contributed by atoms with van der Waals surface area (Å²) >= 11 is 7.39. The number of thioether (sulfide) groups is 1. The van der Waals surface area contributed by atoms with E-state index in [0.717, 1.165) is 21.7 Å². The Bertz CT molecular complexity index is 619. The van der Waals surface area contributed by atoms with Crippen molar-refractivity contribution in [2.75, 3.05) is 5.32 Å². The molecule has 0 saturated heterocycles. The number of benzene rings is 2. The van der Waals surface area contributed by atoms with Gasteiger partial charge in [0.25, 0.3) is 0 Å². The topological polar surface area (TPSA) is 29.1 Å². The minimum absolute atomic E-state index is 0.00681. The van der Waals surface area contributed by atoms with Gasteiger partial charge in [0.15, 0.2) is 0 Å². The number of carbonyl (C=O) groups is 1. The van der Waals surface area contributed by atoms with Gasteiger partial charge in [-0.3, -0.25) is 4.79 Å². The van der Waals surface area contributed by atoms with Gasteiger partial charge in [-0.25, -0.2) is 0 Å². The molecule has 0 bridgehead atoms. The van der Waals surface area contributed by atoms with Crippen molar-refractivity contribution in [2.45, 2.75) is 30.9 Å². The summed E-state index contributed by atoms with van der Waals surface area (Å²) in [5.74, 6) is 0.00681. The number of carbonyl (C=O) groups excluding carboxylic acids is 1. The van der Waals surface area contributed by atoms with Gasteiger partial charge in [-0.05, 0) is 56.2 Å². The lowest BCUT2D eigenvalue weighted by Gasteiger charge is -2.15. The Morgan fingerprint density at radius 3 is 2.24 bits per heavy atom. The summed E-state index contributed by atoms with van der Waals surface area (Å²) in [6.07, 6.45) is 0. The fourth-order valence-corrected chi connectivity index (χ4v) is 3.00. The van der Waals surface area contributed by atoms with Gasteiger partial charge in [-0.15, -0.1) is 11.8 Å². The molecule has 1 unspecified atom stereocenters. The maximum absolute atomic E-state index is 12.3. The van der Waals surface area contributed by atoms with Gasteiger partial charge in [-0.1, -0.05) is 29.8 Å². The summed E-state index contributed by atoms with van der Waals surface area (Å²) in [7, 11) is 0. The molecular formula is C17H18ClNOS. The number of aryl methyl sites for hydroxylation is 2. The van der Waals surface area contributed by atoms with E-state index in [9.17, 15) is 4.79 Å². The Hall–Kier alpha value is -1.45. The summed E-state index contributed by atoms with van der Waals surface area (Å²) in [5.41, 5.74) is 3.06. The van der Waals surface area contributed by atoms with Crippen molar-refractivity contribution in [2.24, 2.45) is 0 Å². The van der Waals surface area contributed by atoms with Crippen LogP contribution >= 0.6 is 23.4 Å². The first-order valence-corrected chi connectivity index (χ1v) is 8.02. The minimum Gasteiger partial charge on any atom is -0.325 e. The van der Waals surface area contributed by atoms with Crippen molar-refractivity contribution in [3.63, 3.8) is 0 Å². The van der Waals surface area contributed by atoms with Gasteiger partial charge in [0, 0.05) is 15.6 Å². The Labute approximate surface area is 134 Å². The molecule has 0 saturated carbocycles. The first kappa shape index (κ1) is 15.9. The van der Waals surface area contributed by atoms with Crippen LogP contribution in [0.15, 0.2) is 47.4 Å². The molecule has 0 radical (unpaired) electrons. The van der Waals surface area contributed by atoms with Crippen molar-refractivity contribution in [3.05, 3.63) is 58.6 Å². The zero-order valence-corrected chi connectivity index (χ0v) is 13.9. The smallest absolute Gasteiger partial charge is 0.237 e. The Balaban J connectivity index is 2.04. The SMILES string of the molecule is Cc1cccc(C)c1NC(=O)C(C)Sc1ccc(Cl)cc1. The van der Waals surface area contributed by atoms with Gasteiger partial charge < -0.3 is 5.32 Å². The first-order chi connectivity index (χ1) is 9.97. The van der Waals surface area contributed by atoms with E-state index in [1.54, 1.807) is 0 Å². The van der Waals surface area contributed by atoms with Crippen LogP contribution in [-0.2, 0) is 4.79 Å². The third-order valence-electron chi connectivity index (χ3n) is 3.23. The second kappa shape index (κ2) is 7.01. The predicted octanol–water partition coefficient (Wildman–Crippen LogP) is 5.08. The Morgan fingerprint density at radius 2 is 1.67 bits per heavy atom. The van der Waals surface area contributed by atoms with E-state index in [-0.39, 0.29) is 11.2 Å². The quantitative estimate of drug-likeness (QED) is 0.796. The molecule has 1 atom stereocenters. The highest BCUT2D eigenvalue weighted by Gasteiger charge is 2.16. The number of amides is 1. The van der Waals surface area contributed by atoms with Crippen molar-refractivity contribution in [1.29, 1.82) is 0 Å². The summed E-state index contributed by atoms with van der Waals surface area (Å²) < 4.78 is 0. The first-order valence-electron chi connectivity index (χ1n) is 6.76. The molecule has 2 rings (SSSR count). The molecule has 0 aromatic heterocycles. The number of anilines is 1. The number of nitrogens with one attached hydrogen (secondary N) is 1. The van der Waals surface area contributed by atoms with Crippen LogP contribution in [0.4, 0.5) is 5.69 Å². The second-order valence-electron chi connectivity index (χ2n) is 4.97. The van der Waals surface area contributed by atoms with Gasteiger partial charge >= 0.3 is 0 Å². The molecule has 0 aliphatic heterocycles. The van der Waals surface area contributed by atoms with Crippen molar-refractivity contribution < 1.29 is 4.79 Å². The highest BCUT2D eigenvalue weighted by molar-refractivity contribution is 8.00. The largest absolute Gasteiger partial charge is 0.325 e. The fraction of sp³-hybridized carbons (Fsp3) is 0.235. The molecule has 0 aliphatic carbocycles. The number of hydrogen-bond donors (Lipinski definition) is 1. The maximum Gasteiger partial charge on any atom is 0.237 e. The molecule has 0 aliphatic rings. The standard InChI is InChI=1S/C17H18ClNOS/c1-11-5-4-6-12(2)16(11)19-17(20)13(3)21-15-9-7-14(18)8-10-15/h4-10,13H,1-3H3,(H,19,20). The lowest BCUT2D eigenvalue weighted by molar-refractivity contribution is -0.115.